The monoisotopic (exact) mass is 419 g/mol. The molecule has 0 aliphatic carbocycles. The molecule has 1 saturated heterocycles. The van der Waals surface area contributed by atoms with Gasteiger partial charge in [0.2, 0.25) is 0 Å². The number of rotatable bonds is 3. The number of hydrogen-bond acceptors (Lipinski definition) is 5. The molecule has 0 atom stereocenters. The number of fused-ring (bicyclic) bond motifs is 1. The van der Waals surface area contributed by atoms with Crippen LogP contribution in [0.25, 0.3) is 16.8 Å². The summed E-state index contributed by atoms with van der Waals surface area (Å²) >= 11 is 12.7. The van der Waals surface area contributed by atoms with Crippen molar-refractivity contribution in [1.82, 2.24) is 14.6 Å². The lowest BCUT2D eigenvalue weighted by Gasteiger charge is -2.37. The van der Waals surface area contributed by atoms with Gasteiger partial charge in [0.25, 0.3) is 0 Å². The van der Waals surface area contributed by atoms with Crippen molar-refractivity contribution >= 4 is 34.5 Å². The van der Waals surface area contributed by atoms with E-state index in [4.69, 9.17) is 33.9 Å². The molecule has 4 rings (SSSR count). The van der Waals surface area contributed by atoms with E-state index in [0.717, 1.165) is 54.2 Å². The highest BCUT2D eigenvalue weighted by Crippen LogP contribution is 2.37. The molecular formula is C20H23Cl2N5O. The summed E-state index contributed by atoms with van der Waals surface area (Å²) in [6, 6.07) is 7.38. The Balaban J connectivity index is 1.91. The summed E-state index contributed by atoms with van der Waals surface area (Å²) in [4.78, 5) is 7.15. The molecule has 28 heavy (non-hydrogen) atoms. The molecule has 6 nitrogen and oxygen atoms in total. The number of anilines is 1. The average molecular weight is 420 g/mol. The molecule has 0 amide bonds. The number of aliphatic hydroxyl groups excluding tert-OH is 1. The minimum absolute atomic E-state index is 0.146. The molecule has 0 bridgehead atoms. The highest BCUT2D eigenvalue weighted by Gasteiger charge is 2.29. The van der Waals surface area contributed by atoms with Crippen molar-refractivity contribution in [3.8, 4) is 11.3 Å². The molecule has 8 heteroatoms. The van der Waals surface area contributed by atoms with Gasteiger partial charge in [-0.15, -0.1) is 0 Å². The van der Waals surface area contributed by atoms with Crippen LogP contribution in [0.3, 0.4) is 0 Å². The third-order valence-corrected chi connectivity index (χ3v) is 6.21. The fraction of sp³-hybridized carbons (Fsp3) is 0.400. The smallest absolute Gasteiger partial charge is 0.155 e. The zero-order valence-corrected chi connectivity index (χ0v) is 17.4. The van der Waals surface area contributed by atoms with E-state index in [2.05, 4.69) is 16.9 Å². The second kappa shape index (κ2) is 7.19. The molecule has 1 aliphatic rings. The second-order valence-corrected chi connectivity index (χ2v) is 8.49. The van der Waals surface area contributed by atoms with Crippen molar-refractivity contribution < 1.29 is 5.11 Å². The lowest BCUT2D eigenvalue weighted by atomic mass is 9.91. The van der Waals surface area contributed by atoms with E-state index in [9.17, 15) is 5.11 Å². The number of aliphatic hydroxyl groups is 1. The van der Waals surface area contributed by atoms with E-state index < -0.39 is 0 Å². The first kappa shape index (κ1) is 19.5. The van der Waals surface area contributed by atoms with E-state index in [1.54, 1.807) is 6.07 Å². The predicted octanol–water partition coefficient (Wildman–Crippen LogP) is 3.82. The number of nitrogens with two attached hydrogens (primary N) is 1. The minimum atomic E-state index is -0.149. The Morgan fingerprint density at radius 3 is 2.64 bits per heavy atom. The highest BCUT2D eigenvalue weighted by atomic mass is 35.5. The highest BCUT2D eigenvalue weighted by molar-refractivity contribution is 6.43. The molecule has 0 saturated carbocycles. The molecule has 0 spiro atoms. The molecule has 3 N–H and O–H groups in total. The van der Waals surface area contributed by atoms with E-state index in [1.165, 1.54) is 0 Å². The maximum atomic E-state index is 9.66. The van der Waals surface area contributed by atoms with Crippen LogP contribution in [0.4, 0.5) is 5.82 Å². The number of aryl methyl sites for hydroxylation is 1. The second-order valence-electron chi connectivity index (χ2n) is 7.70. The predicted molar refractivity (Wildman–Crippen MR) is 113 cm³/mol. The summed E-state index contributed by atoms with van der Waals surface area (Å²) in [5, 5.41) is 15.2. The van der Waals surface area contributed by atoms with Crippen molar-refractivity contribution in [1.29, 1.82) is 0 Å². The van der Waals surface area contributed by atoms with E-state index in [-0.39, 0.29) is 12.1 Å². The summed E-state index contributed by atoms with van der Waals surface area (Å²) in [5.41, 5.74) is 9.88. The summed E-state index contributed by atoms with van der Waals surface area (Å²) in [6.45, 7) is 5.53. The summed E-state index contributed by atoms with van der Waals surface area (Å²) in [5.74, 6) is 0.849. The van der Waals surface area contributed by atoms with Crippen molar-refractivity contribution in [3.05, 3.63) is 45.7 Å². The minimum Gasteiger partial charge on any atom is -0.390 e. The number of benzene rings is 1. The third-order valence-electron chi connectivity index (χ3n) is 5.39. The molecule has 148 valence electrons. The number of aromatic nitrogens is 3. The van der Waals surface area contributed by atoms with E-state index in [0.29, 0.717) is 15.7 Å². The zero-order chi connectivity index (χ0) is 20.1. The van der Waals surface area contributed by atoms with Crippen LogP contribution in [-0.2, 0) is 6.61 Å². The van der Waals surface area contributed by atoms with Crippen LogP contribution in [0.1, 0.15) is 31.2 Å². The number of hydrogen-bond donors (Lipinski definition) is 2. The Labute approximate surface area is 173 Å². The van der Waals surface area contributed by atoms with Crippen molar-refractivity contribution in [2.45, 2.75) is 38.8 Å². The van der Waals surface area contributed by atoms with Gasteiger partial charge in [0.1, 0.15) is 5.52 Å². The van der Waals surface area contributed by atoms with Crippen LogP contribution in [-0.4, -0.2) is 38.3 Å². The van der Waals surface area contributed by atoms with Gasteiger partial charge >= 0.3 is 0 Å². The van der Waals surface area contributed by atoms with Gasteiger partial charge in [-0.3, -0.25) is 0 Å². The fourth-order valence-electron chi connectivity index (χ4n) is 3.72. The van der Waals surface area contributed by atoms with Crippen molar-refractivity contribution in [2.24, 2.45) is 5.73 Å². The molecular weight excluding hydrogens is 397 g/mol. The van der Waals surface area contributed by atoms with Gasteiger partial charge in [-0.1, -0.05) is 35.3 Å². The van der Waals surface area contributed by atoms with Gasteiger partial charge in [0, 0.05) is 24.2 Å². The first-order chi connectivity index (χ1) is 13.3. The molecule has 2 aromatic heterocycles. The summed E-state index contributed by atoms with van der Waals surface area (Å²) < 4.78 is 1.82. The lowest BCUT2D eigenvalue weighted by molar-refractivity contribution is 0.276. The van der Waals surface area contributed by atoms with Gasteiger partial charge in [0.05, 0.1) is 33.7 Å². The van der Waals surface area contributed by atoms with Crippen LogP contribution in [0.2, 0.25) is 10.0 Å². The number of piperidine rings is 1. The SMILES string of the molecule is Cc1nc(N2CCC(C)(N)CC2)c2cc(CO)nn2c1-c1cccc(Cl)c1Cl. The van der Waals surface area contributed by atoms with Gasteiger partial charge in [-0.05, 0) is 38.8 Å². The lowest BCUT2D eigenvalue weighted by Crippen LogP contribution is -2.48. The third kappa shape index (κ3) is 3.35. The van der Waals surface area contributed by atoms with Crippen molar-refractivity contribution in [2.75, 3.05) is 18.0 Å². The van der Waals surface area contributed by atoms with Crippen LogP contribution in [0, 0.1) is 6.92 Å². The molecule has 1 aliphatic heterocycles. The topological polar surface area (TPSA) is 79.7 Å². The largest absolute Gasteiger partial charge is 0.390 e. The van der Waals surface area contributed by atoms with E-state index >= 15 is 0 Å². The normalized spacial score (nSPS) is 16.7. The number of nitrogens with zero attached hydrogens (tertiary/aromatic N) is 4. The summed E-state index contributed by atoms with van der Waals surface area (Å²) in [6.07, 6.45) is 1.78. The maximum absolute atomic E-state index is 9.66. The van der Waals surface area contributed by atoms with Gasteiger partial charge in [-0.2, -0.15) is 5.10 Å². The average Bonchev–Trinajstić information content (AvgIpc) is 3.08. The molecule has 1 aromatic carbocycles. The Kier molecular flexibility index (Phi) is 5.00. The molecule has 0 radical (unpaired) electrons. The Morgan fingerprint density at radius 1 is 1.25 bits per heavy atom. The quantitative estimate of drug-likeness (QED) is 0.674. The number of halogens is 2. The van der Waals surface area contributed by atoms with Gasteiger partial charge in [0.15, 0.2) is 5.82 Å². The van der Waals surface area contributed by atoms with Gasteiger partial charge in [-0.25, -0.2) is 9.50 Å². The Morgan fingerprint density at radius 2 is 1.96 bits per heavy atom. The van der Waals surface area contributed by atoms with E-state index in [1.807, 2.05) is 29.6 Å². The van der Waals surface area contributed by atoms with Crippen molar-refractivity contribution in [3.63, 3.8) is 0 Å². The molecule has 3 aromatic rings. The Hall–Kier alpha value is -1.86. The molecule has 3 heterocycles. The first-order valence-electron chi connectivity index (χ1n) is 9.29. The molecule has 1 fully saturated rings. The van der Waals surface area contributed by atoms with Crippen LogP contribution < -0.4 is 10.6 Å². The Bertz CT molecular complexity index is 1040. The first-order valence-corrected chi connectivity index (χ1v) is 10.0. The van der Waals surface area contributed by atoms with Gasteiger partial charge < -0.3 is 15.7 Å². The van der Waals surface area contributed by atoms with Crippen LogP contribution >= 0.6 is 23.2 Å². The summed E-state index contributed by atoms with van der Waals surface area (Å²) in [7, 11) is 0. The zero-order valence-electron chi connectivity index (χ0n) is 15.9. The molecule has 0 unspecified atom stereocenters. The van der Waals surface area contributed by atoms with Crippen LogP contribution in [0.15, 0.2) is 24.3 Å². The standard InChI is InChI=1S/C20H23Cl2N5O/c1-12-18(14-4-3-5-15(21)17(14)22)27-16(10-13(11-28)25-27)19(24-12)26-8-6-20(2,23)7-9-26/h3-5,10,28H,6-9,11,23H2,1-2H3. The van der Waals surface area contributed by atoms with Crippen LogP contribution in [0.5, 0.6) is 0 Å². The fourth-order valence-corrected chi connectivity index (χ4v) is 4.11. The maximum Gasteiger partial charge on any atom is 0.155 e.